The van der Waals surface area contributed by atoms with Crippen LogP contribution in [0.15, 0.2) is 86.1 Å². The van der Waals surface area contributed by atoms with Crippen molar-refractivity contribution in [2.75, 3.05) is 16.0 Å². The van der Waals surface area contributed by atoms with Crippen molar-refractivity contribution in [1.29, 1.82) is 5.26 Å². The average Bonchev–Trinajstić information content (AvgIpc) is 3.35. The molecule has 0 saturated carbocycles. The van der Waals surface area contributed by atoms with Gasteiger partial charge in [-0.05, 0) is 35.6 Å². The van der Waals surface area contributed by atoms with Crippen LogP contribution in [0, 0.1) is 16.7 Å². The molecule has 0 bridgehead atoms. The molecule has 1 aromatic heterocycles. The number of aromatic nitrogens is 2. The van der Waals surface area contributed by atoms with Crippen LogP contribution in [0.2, 0.25) is 0 Å². The molecule has 1 aliphatic carbocycles. The zero-order valence-electron chi connectivity index (χ0n) is 21.3. The van der Waals surface area contributed by atoms with Crippen LogP contribution in [-0.4, -0.2) is 27.6 Å². The third-order valence-electron chi connectivity index (χ3n) is 6.57. The number of ketones is 1. The zero-order valence-corrected chi connectivity index (χ0v) is 24.5. The van der Waals surface area contributed by atoms with Crippen molar-refractivity contribution in [2.45, 2.75) is 36.9 Å². The van der Waals surface area contributed by atoms with Crippen molar-refractivity contribution in [3.05, 3.63) is 87.3 Å². The minimum atomic E-state index is -0.580. The maximum Gasteiger partial charge on any atom is 0.234 e. The quantitative estimate of drug-likeness (QED) is 0.323. The molecule has 1 atom stereocenters. The number of para-hydroxylation sites is 1. The molecule has 8 nitrogen and oxygen atoms in total. The summed E-state index contributed by atoms with van der Waals surface area (Å²) in [6, 6.07) is 19.1. The number of benzene rings is 2. The predicted molar refractivity (Wildman–Crippen MR) is 157 cm³/mol. The molecule has 39 heavy (non-hydrogen) atoms. The highest BCUT2D eigenvalue weighted by Gasteiger charge is 2.45. The Bertz CT molecular complexity index is 1560. The summed E-state index contributed by atoms with van der Waals surface area (Å²) in [5.74, 6) is -0.361. The third kappa shape index (κ3) is 5.50. The first-order valence-electron chi connectivity index (χ1n) is 12.2. The highest BCUT2D eigenvalue weighted by Crippen LogP contribution is 2.51. The minimum absolute atomic E-state index is 0.0102. The minimum Gasteiger partial charge on any atom is -0.384 e. The van der Waals surface area contributed by atoms with Crippen LogP contribution in [0.1, 0.15) is 38.2 Å². The van der Waals surface area contributed by atoms with Gasteiger partial charge in [0.25, 0.3) is 0 Å². The van der Waals surface area contributed by atoms with Crippen LogP contribution in [-0.2, 0) is 9.59 Å². The SMILES string of the molecule is CC1(C)CC(=O)C2=C(C1)N(c1nnc(SCC(=O)Nc3ccccc3)s1)C(N)=C(C#N)C2c1ccccc1Br. The molecule has 2 aromatic carbocycles. The van der Waals surface area contributed by atoms with Crippen LogP contribution in [0.3, 0.4) is 0 Å². The van der Waals surface area contributed by atoms with Gasteiger partial charge in [0.05, 0.1) is 23.3 Å². The lowest BCUT2D eigenvalue weighted by Gasteiger charge is -2.42. The molecule has 0 saturated heterocycles. The molecule has 3 aromatic rings. The summed E-state index contributed by atoms with van der Waals surface area (Å²) < 4.78 is 1.38. The van der Waals surface area contributed by atoms with E-state index in [-0.39, 0.29) is 28.7 Å². The van der Waals surface area contributed by atoms with E-state index in [2.05, 4.69) is 37.5 Å². The maximum absolute atomic E-state index is 13.7. The summed E-state index contributed by atoms with van der Waals surface area (Å²) in [5, 5.41) is 22.2. The first-order chi connectivity index (χ1) is 18.7. The van der Waals surface area contributed by atoms with Gasteiger partial charge in [-0.15, -0.1) is 10.2 Å². The van der Waals surface area contributed by atoms with Crippen LogP contribution < -0.4 is 16.0 Å². The number of allylic oxidation sites excluding steroid dienone is 3. The Balaban J connectivity index is 1.49. The standard InChI is InChI=1S/C28H25BrN6O2S2/c1-28(2)12-20-24(21(36)13-28)23(17-10-6-7-11-19(17)29)18(14-30)25(31)35(20)26-33-34-27(39-26)38-15-22(37)32-16-8-4-3-5-9-16/h3-11,23H,12-13,15,31H2,1-2H3,(H,32,37). The second-order valence-electron chi connectivity index (χ2n) is 10.1. The number of rotatable bonds is 6. The highest BCUT2D eigenvalue weighted by atomic mass is 79.9. The Morgan fingerprint density at radius 2 is 1.92 bits per heavy atom. The van der Waals surface area contributed by atoms with Crippen molar-refractivity contribution in [3.63, 3.8) is 0 Å². The molecule has 198 valence electrons. The van der Waals surface area contributed by atoms with Gasteiger partial charge in [0.2, 0.25) is 11.0 Å². The molecule has 5 rings (SSSR count). The van der Waals surface area contributed by atoms with E-state index in [0.717, 1.165) is 21.4 Å². The molecule has 2 heterocycles. The second-order valence-corrected chi connectivity index (χ2v) is 13.1. The smallest absolute Gasteiger partial charge is 0.234 e. The van der Waals surface area contributed by atoms with Crippen molar-refractivity contribution >= 4 is 61.5 Å². The molecule has 3 N–H and O–H groups in total. The monoisotopic (exact) mass is 620 g/mol. The number of thioether (sulfide) groups is 1. The molecule has 11 heteroatoms. The lowest BCUT2D eigenvalue weighted by atomic mass is 9.69. The summed E-state index contributed by atoms with van der Waals surface area (Å²) in [5.41, 5.74) is 9.53. The first kappa shape index (κ1) is 27.1. The topological polar surface area (TPSA) is 125 Å². The number of nitrogens with zero attached hydrogens (tertiary/aromatic N) is 4. The van der Waals surface area contributed by atoms with Gasteiger partial charge in [-0.1, -0.05) is 89.3 Å². The number of nitrogens with two attached hydrogens (primary N) is 1. The predicted octanol–water partition coefficient (Wildman–Crippen LogP) is 5.97. The molecule has 0 fully saturated rings. The fourth-order valence-corrected chi connectivity index (χ4v) is 7.14. The van der Waals surface area contributed by atoms with Gasteiger partial charge in [0.1, 0.15) is 5.82 Å². The van der Waals surface area contributed by atoms with Crippen LogP contribution in [0.25, 0.3) is 0 Å². The van der Waals surface area contributed by atoms with Gasteiger partial charge in [-0.3, -0.25) is 14.5 Å². The highest BCUT2D eigenvalue weighted by molar-refractivity contribution is 9.10. The van der Waals surface area contributed by atoms with Gasteiger partial charge < -0.3 is 11.1 Å². The fraction of sp³-hybridized carbons (Fsp3) is 0.250. The summed E-state index contributed by atoms with van der Waals surface area (Å²) in [7, 11) is 0. The number of Topliss-reactive ketones (excluding diaryl/α,β-unsaturated/α-hetero) is 1. The van der Waals surface area contributed by atoms with Gasteiger partial charge in [0.15, 0.2) is 10.1 Å². The van der Waals surface area contributed by atoms with Gasteiger partial charge >= 0.3 is 0 Å². The number of anilines is 2. The van der Waals surface area contributed by atoms with Crippen LogP contribution in [0.4, 0.5) is 10.8 Å². The van der Waals surface area contributed by atoms with E-state index >= 15 is 0 Å². The molecule has 2 aliphatic rings. The number of hydrogen-bond donors (Lipinski definition) is 2. The van der Waals surface area contributed by atoms with Crippen molar-refractivity contribution < 1.29 is 9.59 Å². The number of nitrogens with one attached hydrogen (secondary N) is 1. The van der Waals surface area contributed by atoms with Crippen LogP contribution in [0.5, 0.6) is 0 Å². The van der Waals surface area contributed by atoms with Gasteiger partial charge in [0, 0.05) is 27.9 Å². The largest absolute Gasteiger partial charge is 0.384 e. The van der Waals surface area contributed by atoms with Gasteiger partial charge in [-0.25, -0.2) is 0 Å². The zero-order chi connectivity index (χ0) is 27.7. The molecule has 0 radical (unpaired) electrons. The summed E-state index contributed by atoms with van der Waals surface area (Å²) in [6.45, 7) is 4.10. The average molecular weight is 622 g/mol. The Kier molecular flexibility index (Phi) is 7.62. The lowest BCUT2D eigenvalue weighted by molar-refractivity contribution is -0.118. The number of halogens is 1. The number of hydrogen-bond acceptors (Lipinski definition) is 9. The number of carbonyl (C=O) groups excluding carboxylic acids is 2. The summed E-state index contributed by atoms with van der Waals surface area (Å²) in [4.78, 5) is 27.8. The first-order valence-corrected chi connectivity index (χ1v) is 14.8. The van der Waals surface area contributed by atoms with Crippen molar-refractivity contribution in [3.8, 4) is 6.07 Å². The number of carbonyl (C=O) groups is 2. The fourth-order valence-electron chi connectivity index (χ4n) is 4.94. The van der Waals surface area contributed by atoms with Crippen molar-refractivity contribution in [2.24, 2.45) is 11.1 Å². The summed E-state index contributed by atoms with van der Waals surface area (Å²) >= 11 is 6.14. The van der Waals surface area contributed by atoms with E-state index in [9.17, 15) is 14.9 Å². The van der Waals surface area contributed by atoms with E-state index < -0.39 is 5.92 Å². The normalized spacial score (nSPS) is 18.6. The van der Waals surface area contributed by atoms with E-state index in [0.29, 0.717) is 33.5 Å². The van der Waals surface area contributed by atoms with E-state index in [1.165, 1.54) is 23.1 Å². The Labute approximate surface area is 243 Å². The number of nitriles is 1. The molecule has 1 aliphatic heterocycles. The van der Waals surface area contributed by atoms with Gasteiger partial charge in [-0.2, -0.15) is 5.26 Å². The Morgan fingerprint density at radius 3 is 2.64 bits per heavy atom. The van der Waals surface area contributed by atoms with E-state index in [1.54, 1.807) is 4.90 Å². The molecule has 1 amide bonds. The lowest BCUT2D eigenvalue weighted by Crippen LogP contribution is -2.42. The maximum atomic E-state index is 13.7. The molecular formula is C28H25BrN6O2S2. The molecule has 1 unspecified atom stereocenters. The molecule has 0 spiro atoms. The number of amides is 1. The second kappa shape index (κ2) is 11.0. The summed E-state index contributed by atoms with van der Waals surface area (Å²) in [6.07, 6.45) is 0.947. The Morgan fingerprint density at radius 1 is 1.21 bits per heavy atom. The van der Waals surface area contributed by atoms with E-state index in [1.807, 2.05) is 68.4 Å². The third-order valence-corrected chi connectivity index (χ3v) is 9.33. The van der Waals surface area contributed by atoms with Crippen LogP contribution >= 0.6 is 39.0 Å². The van der Waals surface area contributed by atoms with E-state index in [4.69, 9.17) is 5.73 Å². The molecular weight excluding hydrogens is 596 g/mol. The van der Waals surface area contributed by atoms with Crippen molar-refractivity contribution in [1.82, 2.24) is 10.2 Å². The Hall–Kier alpha value is -3.46.